The maximum absolute atomic E-state index is 9.67. The third-order valence-electron chi connectivity index (χ3n) is 2.69. The van der Waals surface area contributed by atoms with Crippen molar-refractivity contribution < 1.29 is 9.67 Å². The fourth-order valence-electron chi connectivity index (χ4n) is 1.94. The maximum atomic E-state index is 9.67. The smallest absolute Gasteiger partial charge is 0.446 e. The topological polar surface area (TPSA) is 39.9 Å². The predicted octanol–water partition coefficient (Wildman–Crippen LogP) is 2.15. The van der Waals surface area contributed by atoms with Gasteiger partial charge >= 0.3 is 6.01 Å². The molecule has 0 fully saturated rings. The first-order chi connectivity index (χ1) is 7.86. The van der Waals surface area contributed by atoms with E-state index in [0.717, 1.165) is 16.5 Å². The summed E-state index contributed by atoms with van der Waals surface area (Å²) >= 11 is 0. The second-order valence-electron chi connectivity index (χ2n) is 3.65. The average Bonchev–Trinajstić information content (AvgIpc) is 2.75. The van der Waals surface area contributed by atoms with Gasteiger partial charge in [-0.3, -0.25) is 0 Å². The Morgan fingerprint density at radius 3 is 2.62 bits per heavy atom. The van der Waals surface area contributed by atoms with Crippen molar-refractivity contribution in [3.63, 3.8) is 0 Å². The van der Waals surface area contributed by atoms with Gasteiger partial charge in [0.05, 0.1) is 0 Å². The number of aromatic hydroxyl groups is 1. The first kappa shape index (κ1) is 8.97. The van der Waals surface area contributed by atoms with Crippen molar-refractivity contribution in [2.75, 3.05) is 0 Å². The van der Waals surface area contributed by atoms with Crippen LogP contribution < -0.4 is 4.57 Å². The number of rotatable bonds is 1. The largest absolute Gasteiger partial charge is 0.456 e. The molecule has 3 heteroatoms. The Kier molecular flexibility index (Phi) is 1.90. The number of aromatic amines is 1. The summed E-state index contributed by atoms with van der Waals surface area (Å²) in [5.74, 6) is 0. The molecule has 78 valence electrons. The lowest BCUT2D eigenvalue weighted by Gasteiger charge is -2.02. The zero-order valence-electron chi connectivity index (χ0n) is 8.59. The summed E-state index contributed by atoms with van der Waals surface area (Å²) in [6.07, 6.45) is 3.51. The van der Waals surface area contributed by atoms with Crippen molar-refractivity contribution in [1.82, 2.24) is 4.98 Å². The minimum absolute atomic E-state index is 0.136. The molecule has 0 aliphatic carbocycles. The number of aromatic nitrogens is 2. The summed E-state index contributed by atoms with van der Waals surface area (Å²) in [4.78, 5) is 2.75. The summed E-state index contributed by atoms with van der Waals surface area (Å²) in [6, 6.07) is 14.3. The average molecular weight is 211 g/mol. The van der Waals surface area contributed by atoms with E-state index < -0.39 is 0 Å². The van der Waals surface area contributed by atoms with Crippen LogP contribution >= 0.6 is 0 Å². The van der Waals surface area contributed by atoms with Crippen molar-refractivity contribution >= 4 is 10.8 Å². The highest BCUT2D eigenvalue weighted by Gasteiger charge is 2.13. The van der Waals surface area contributed by atoms with Crippen LogP contribution in [-0.2, 0) is 0 Å². The highest BCUT2D eigenvalue weighted by Crippen LogP contribution is 2.19. The van der Waals surface area contributed by atoms with E-state index >= 15 is 0 Å². The van der Waals surface area contributed by atoms with Gasteiger partial charge in [-0.1, -0.05) is 36.4 Å². The molecular formula is C13H11N2O+. The quantitative estimate of drug-likeness (QED) is 0.595. The maximum Gasteiger partial charge on any atom is 0.456 e. The summed E-state index contributed by atoms with van der Waals surface area (Å²) in [6.45, 7) is 0. The lowest BCUT2D eigenvalue weighted by molar-refractivity contribution is -0.600. The van der Waals surface area contributed by atoms with Crippen LogP contribution in [0.3, 0.4) is 0 Å². The van der Waals surface area contributed by atoms with Crippen molar-refractivity contribution in [3.05, 3.63) is 54.9 Å². The zero-order chi connectivity index (χ0) is 11.0. The molecule has 3 rings (SSSR count). The van der Waals surface area contributed by atoms with E-state index in [2.05, 4.69) is 17.1 Å². The normalized spacial score (nSPS) is 10.8. The van der Waals surface area contributed by atoms with E-state index in [4.69, 9.17) is 0 Å². The fourth-order valence-corrected chi connectivity index (χ4v) is 1.94. The van der Waals surface area contributed by atoms with Crippen LogP contribution in [0.15, 0.2) is 54.9 Å². The first-order valence-corrected chi connectivity index (χ1v) is 5.12. The van der Waals surface area contributed by atoms with E-state index in [1.807, 2.05) is 30.3 Å². The molecule has 2 aromatic carbocycles. The van der Waals surface area contributed by atoms with Crippen LogP contribution in [-0.4, -0.2) is 10.1 Å². The molecule has 16 heavy (non-hydrogen) atoms. The summed E-state index contributed by atoms with van der Waals surface area (Å²) in [5, 5.41) is 11.9. The molecule has 0 aliphatic heterocycles. The SMILES string of the molecule is Oc1[nH]cc[n+]1-c1cccc2ccccc12. The number of hydrogen-bond acceptors (Lipinski definition) is 1. The molecule has 0 unspecified atom stereocenters. The Morgan fingerprint density at radius 1 is 1.00 bits per heavy atom. The van der Waals surface area contributed by atoms with Gasteiger partial charge in [0.25, 0.3) is 0 Å². The van der Waals surface area contributed by atoms with E-state index in [0.29, 0.717) is 0 Å². The molecule has 0 saturated carbocycles. The molecule has 0 bridgehead atoms. The number of H-pyrrole nitrogens is 1. The third kappa shape index (κ3) is 1.26. The van der Waals surface area contributed by atoms with Gasteiger partial charge in [0, 0.05) is 5.39 Å². The Balaban J connectivity index is 2.36. The predicted molar refractivity (Wildman–Crippen MR) is 61.5 cm³/mol. The van der Waals surface area contributed by atoms with Crippen molar-refractivity contribution in [1.29, 1.82) is 0 Å². The van der Waals surface area contributed by atoms with E-state index in [1.165, 1.54) is 0 Å². The van der Waals surface area contributed by atoms with E-state index in [9.17, 15) is 5.11 Å². The molecular weight excluding hydrogens is 200 g/mol. The first-order valence-electron chi connectivity index (χ1n) is 5.12. The molecule has 0 aliphatic rings. The highest BCUT2D eigenvalue weighted by molar-refractivity contribution is 5.88. The van der Waals surface area contributed by atoms with Gasteiger partial charge in [-0.2, -0.15) is 4.57 Å². The van der Waals surface area contributed by atoms with Gasteiger partial charge in [0.2, 0.25) is 0 Å². The van der Waals surface area contributed by atoms with Gasteiger partial charge in [0.15, 0.2) is 0 Å². The van der Waals surface area contributed by atoms with Gasteiger partial charge < -0.3 is 5.11 Å². The fraction of sp³-hybridized carbons (Fsp3) is 0. The van der Waals surface area contributed by atoms with Crippen molar-refractivity contribution in [2.24, 2.45) is 0 Å². The molecule has 0 amide bonds. The molecule has 3 aromatic rings. The molecule has 0 spiro atoms. The molecule has 2 N–H and O–H groups in total. The number of nitrogens with one attached hydrogen (secondary N) is 1. The molecule has 0 saturated heterocycles. The van der Waals surface area contributed by atoms with E-state index in [-0.39, 0.29) is 6.01 Å². The molecule has 0 radical (unpaired) electrons. The van der Waals surface area contributed by atoms with Crippen LogP contribution in [0.1, 0.15) is 0 Å². The molecule has 1 aromatic heterocycles. The standard InChI is InChI=1S/C13H10N2O/c16-13-14-8-9-15(13)12-7-3-5-10-4-1-2-6-11(10)12/h1-9H,(H,14,16)/p+1. The molecule has 1 heterocycles. The van der Waals surface area contributed by atoms with Gasteiger partial charge in [-0.25, -0.2) is 4.98 Å². The third-order valence-corrected chi connectivity index (χ3v) is 2.69. The van der Waals surface area contributed by atoms with Crippen LogP contribution in [0.4, 0.5) is 0 Å². The Morgan fingerprint density at radius 2 is 1.81 bits per heavy atom. The van der Waals surface area contributed by atoms with Crippen LogP contribution in [0.2, 0.25) is 0 Å². The van der Waals surface area contributed by atoms with E-state index in [1.54, 1.807) is 17.0 Å². The second kappa shape index (κ2) is 3.38. The van der Waals surface area contributed by atoms with Gasteiger partial charge in [0.1, 0.15) is 18.1 Å². The summed E-state index contributed by atoms with van der Waals surface area (Å²) < 4.78 is 1.72. The molecule has 0 atom stereocenters. The Hall–Kier alpha value is -2.29. The van der Waals surface area contributed by atoms with Crippen molar-refractivity contribution in [3.8, 4) is 11.7 Å². The number of hydrogen-bond donors (Lipinski definition) is 2. The van der Waals surface area contributed by atoms with Gasteiger partial charge in [-0.15, -0.1) is 0 Å². The minimum Gasteiger partial charge on any atom is -0.446 e. The Labute approximate surface area is 92.6 Å². The van der Waals surface area contributed by atoms with Crippen LogP contribution in [0, 0.1) is 0 Å². The highest BCUT2D eigenvalue weighted by atomic mass is 16.3. The Bertz CT molecular complexity index is 638. The summed E-state index contributed by atoms with van der Waals surface area (Å²) in [5.41, 5.74) is 0.969. The van der Waals surface area contributed by atoms with Crippen molar-refractivity contribution in [2.45, 2.75) is 0 Å². The lowest BCUT2D eigenvalue weighted by Crippen LogP contribution is -2.27. The summed E-state index contributed by atoms with van der Waals surface area (Å²) in [7, 11) is 0. The van der Waals surface area contributed by atoms with Crippen LogP contribution in [0.5, 0.6) is 6.01 Å². The second-order valence-corrected chi connectivity index (χ2v) is 3.65. The number of fused-ring (bicyclic) bond motifs is 1. The van der Waals surface area contributed by atoms with Crippen LogP contribution in [0.25, 0.3) is 16.5 Å². The van der Waals surface area contributed by atoms with Gasteiger partial charge in [-0.05, 0) is 11.5 Å². The number of imidazole rings is 1. The zero-order valence-corrected chi connectivity index (χ0v) is 8.59. The monoisotopic (exact) mass is 211 g/mol. The number of benzene rings is 2. The minimum atomic E-state index is 0.136. The number of nitrogens with zero attached hydrogens (tertiary/aromatic N) is 1. The lowest BCUT2D eigenvalue weighted by atomic mass is 10.1. The molecule has 3 nitrogen and oxygen atoms in total.